The van der Waals surface area contributed by atoms with Crippen LogP contribution in [0.3, 0.4) is 0 Å². The zero-order valence-corrected chi connectivity index (χ0v) is 11.4. The summed E-state index contributed by atoms with van der Waals surface area (Å²) in [4.78, 5) is 1.16. The fourth-order valence-electron chi connectivity index (χ4n) is 1.65. The van der Waals surface area contributed by atoms with Gasteiger partial charge >= 0.3 is 0 Å². The molecule has 2 N–H and O–H groups in total. The number of nitrogens with zero attached hydrogens (tertiary/aromatic N) is 1. The Balaban J connectivity index is 2.07. The fraction of sp³-hybridized carbons (Fsp3) is 0.133. The first-order valence-electron chi connectivity index (χ1n) is 5.78. The quantitative estimate of drug-likeness (QED) is 0.683. The van der Waals surface area contributed by atoms with Gasteiger partial charge in [-0.3, -0.25) is 0 Å². The predicted octanol–water partition coefficient (Wildman–Crippen LogP) is 3.44. The minimum Gasteiger partial charge on any atom is -0.495 e. The second-order valence-electron chi connectivity index (χ2n) is 4.00. The monoisotopic (exact) mass is 270 g/mol. The Kier molecular flexibility index (Phi) is 4.32. The van der Waals surface area contributed by atoms with E-state index in [0.29, 0.717) is 11.3 Å². The van der Waals surface area contributed by atoms with E-state index in [0.717, 1.165) is 21.9 Å². The van der Waals surface area contributed by atoms with Crippen LogP contribution < -0.4 is 10.5 Å². The molecule has 0 aliphatic heterocycles. The molecular formula is C15H14N2OS. The number of hydrogen-bond donors (Lipinski definition) is 1. The van der Waals surface area contributed by atoms with Crippen molar-refractivity contribution in [1.82, 2.24) is 0 Å². The van der Waals surface area contributed by atoms with Crippen LogP contribution in [0.1, 0.15) is 11.1 Å². The maximum atomic E-state index is 8.93. The zero-order valence-electron chi connectivity index (χ0n) is 10.6. The maximum Gasteiger partial charge on any atom is 0.136 e. The van der Waals surface area contributed by atoms with Gasteiger partial charge in [0.2, 0.25) is 0 Å². The second kappa shape index (κ2) is 6.17. The Hall–Kier alpha value is -2.12. The largest absolute Gasteiger partial charge is 0.495 e. The van der Waals surface area contributed by atoms with E-state index < -0.39 is 0 Å². The third-order valence-electron chi connectivity index (χ3n) is 2.67. The molecule has 19 heavy (non-hydrogen) atoms. The van der Waals surface area contributed by atoms with Crippen molar-refractivity contribution < 1.29 is 4.74 Å². The number of thioether (sulfide) groups is 1. The van der Waals surface area contributed by atoms with Crippen LogP contribution in [0.2, 0.25) is 0 Å². The van der Waals surface area contributed by atoms with Crippen molar-refractivity contribution >= 4 is 17.4 Å². The van der Waals surface area contributed by atoms with Gasteiger partial charge in [-0.15, -0.1) is 11.8 Å². The van der Waals surface area contributed by atoms with E-state index in [4.69, 9.17) is 15.7 Å². The molecule has 0 fully saturated rings. The first kappa shape index (κ1) is 13.3. The van der Waals surface area contributed by atoms with E-state index in [1.54, 1.807) is 24.9 Å². The molecule has 0 saturated carbocycles. The molecule has 0 amide bonds. The lowest BCUT2D eigenvalue weighted by atomic mass is 10.1. The number of nitriles is 1. The van der Waals surface area contributed by atoms with Gasteiger partial charge in [-0.2, -0.15) is 5.26 Å². The van der Waals surface area contributed by atoms with Gasteiger partial charge in [0.25, 0.3) is 0 Å². The Labute approximate surface area is 117 Å². The molecule has 0 aromatic heterocycles. The molecule has 0 spiro atoms. The molecule has 3 nitrogen and oxygen atoms in total. The molecule has 0 radical (unpaired) electrons. The number of nitrogen functional groups attached to an aromatic ring is 1. The summed E-state index contributed by atoms with van der Waals surface area (Å²) < 4.78 is 5.20. The van der Waals surface area contributed by atoms with Crippen molar-refractivity contribution in [3.05, 3.63) is 53.6 Å². The number of anilines is 1. The van der Waals surface area contributed by atoms with Crippen molar-refractivity contribution in [2.75, 3.05) is 12.8 Å². The van der Waals surface area contributed by atoms with Gasteiger partial charge in [0, 0.05) is 16.3 Å². The van der Waals surface area contributed by atoms with E-state index in [1.807, 2.05) is 36.4 Å². The second-order valence-corrected chi connectivity index (χ2v) is 5.05. The highest BCUT2D eigenvalue weighted by atomic mass is 32.2. The standard InChI is InChI=1S/C15H14N2OS/c1-18-15-8-11(2-3-12(15)9-16)10-19-14-6-4-13(17)5-7-14/h2-8H,10,17H2,1H3. The lowest BCUT2D eigenvalue weighted by Crippen LogP contribution is -1.90. The Morgan fingerprint density at radius 2 is 1.95 bits per heavy atom. The van der Waals surface area contributed by atoms with Gasteiger partial charge in [0.1, 0.15) is 11.8 Å². The highest BCUT2D eigenvalue weighted by Gasteiger charge is 2.04. The van der Waals surface area contributed by atoms with Crippen LogP contribution in [0.15, 0.2) is 47.4 Å². The Bertz CT molecular complexity index is 603. The van der Waals surface area contributed by atoms with Crippen molar-refractivity contribution in [3.63, 3.8) is 0 Å². The van der Waals surface area contributed by atoms with Crippen molar-refractivity contribution in [1.29, 1.82) is 5.26 Å². The van der Waals surface area contributed by atoms with Crippen LogP contribution in [-0.2, 0) is 5.75 Å². The lowest BCUT2D eigenvalue weighted by Gasteiger charge is -2.06. The molecule has 0 unspecified atom stereocenters. The van der Waals surface area contributed by atoms with E-state index in [9.17, 15) is 0 Å². The first-order chi connectivity index (χ1) is 9.22. The molecule has 0 heterocycles. The van der Waals surface area contributed by atoms with Crippen LogP contribution in [0.25, 0.3) is 0 Å². The normalized spacial score (nSPS) is 9.89. The molecule has 96 valence electrons. The van der Waals surface area contributed by atoms with Crippen molar-refractivity contribution in [2.45, 2.75) is 10.6 Å². The topological polar surface area (TPSA) is 59.0 Å². The van der Waals surface area contributed by atoms with Gasteiger partial charge in [-0.25, -0.2) is 0 Å². The molecule has 0 saturated heterocycles. The SMILES string of the molecule is COc1cc(CSc2ccc(N)cc2)ccc1C#N. The maximum absolute atomic E-state index is 8.93. The average molecular weight is 270 g/mol. The third kappa shape index (κ3) is 3.43. The third-order valence-corrected chi connectivity index (χ3v) is 3.76. The van der Waals surface area contributed by atoms with Crippen LogP contribution in [0, 0.1) is 11.3 Å². The molecule has 2 rings (SSSR count). The molecule has 0 atom stereocenters. The summed E-state index contributed by atoms with van der Waals surface area (Å²) in [5.41, 5.74) is 8.10. The van der Waals surface area contributed by atoms with E-state index in [2.05, 4.69) is 6.07 Å². The summed E-state index contributed by atoms with van der Waals surface area (Å²) in [5.74, 6) is 1.45. The molecule has 2 aromatic carbocycles. The highest BCUT2D eigenvalue weighted by Crippen LogP contribution is 2.26. The highest BCUT2D eigenvalue weighted by molar-refractivity contribution is 7.98. The van der Waals surface area contributed by atoms with Crippen LogP contribution in [-0.4, -0.2) is 7.11 Å². The Morgan fingerprint density at radius 1 is 1.21 bits per heavy atom. The van der Waals surface area contributed by atoms with Gasteiger partial charge in [0.05, 0.1) is 12.7 Å². The fourth-order valence-corrected chi connectivity index (χ4v) is 2.49. The Morgan fingerprint density at radius 3 is 2.58 bits per heavy atom. The van der Waals surface area contributed by atoms with E-state index in [-0.39, 0.29) is 0 Å². The van der Waals surface area contributed by atoms with Gasteiger partial charge in [-0.1, -0.05) is 6.07 Å². The zero-order chi connectivity index (χ0) is 13.7. The first-order valence-corrected chi connectivity index (χ1v) is 6.77. The lowest BCUT2D eigenvalue weighted by molar-refractivity contribution is 0.413. The number of ether oxygens (including phenoxy) is 1. The predicted molar refractivity (Wildman–Crippen MR) is 78.1 cm³/mol. The van der Waals surface area contributed by atoms with Gasteiger partial charge in [-0.05, 0) is 42.0 Å². The number of hydrogen-bond acceptors (Lipinski definition) is 4. The average Bonchev–Trinajstić information content (AvgIpc) is 2.46. The minimum absolute atomic E-state index is 0.559. The molecule has 2 aromatic rings. The van der Waals surface area contributed by atoms with Gasteiger partial charge in [0.15, 0.2) is 0 Å². The van der Waals surface area contributed by atoms with Crippen molar-refractivity contribution in [2.24, 2.45) is 0 Å². The summed E-state index contributed by atoms with van der Waals surface area (Å²) in [5, 5.41) is 8.93. The van der Waals surface area contributed by atoms with Crippen LogP contribution >= 0.6 is 11.8 Å². The van der Waals surface area contributed by atoms with Crippen molar-refractivity contribution in [3.8, 4) is 11.8 Å². The smallest absolute Gasteiger partial charge is 0.136 e. The number of rotatable bonds is 4. The summed E-state index contributed by atoms with van der Waals surface area (Å²) in [6.45, 7) is 0. The summed E-state index contributed by atoms with van der Waals surface area (Å²) in [6.07, 6.45) is 0. The summed E-state index contributed by atoms with van der Waals surface area (Å²) in [7, 11) is 1.58. The van der Waals surface area contributed by atoms with Crippen LogP contribution in [0.4, 0.5) is 5.69 Å². The number of methoxy groups -OCH3 is 1. The van der Waals surface area contributed by atoms with Crippen LogP contribution in [0.5, 0.6) is 5.75 Å². The number of benzene rings is 2. The molecule has 0 aliphatic rings. The van der Waals surface area contributed by atoms with E-state index >= 15 is 0 Å². The molecule has 0 bridgehead atoms. The minimum atomic E-state index is 0.559. The molecular weight excluding hydrogens is 256 g/mol. The molecule has 4 heteroatoms. The number of nitrogens with two attached hydrogens (primary N) is 1. The molecule has 0 aliphatic carbocycles. The van der Waals surface area contributed by atoms with Gasteiger partial charge < -0.3 is 10.5 Å². The van der Waals surface area contributed by atoms with E-state index in [1.165, 1.54) is 0 Å². The summed E-state index contributed by atoms with van der Waals surface area (Å²) >= 11 is 1.72. The summed E-state index contributed by atoms with van der Waals surface area (Å²) in [6, 6.07) is 15.5.